The molecule has 0 saturated carbocycles. The first kappa shape index (κ1) is 14.1. The number of aryl methyl sites for hydroxylation is 4. The predicted molar refractivity (Wildman–Crippen MR) is 84.3 cm³/mol. The fourth-order valence-corrected chi connectivity index (χ4v) is 3.07. The second-order valence-corrected chi connectivity index (χ2v) is 6.54. The summed E-state index contributed by atoms with van der Waals surface area (Å²) in [6.45, 7) is 10.7. The van der Waals surface area contributed by atoms with Crippen molar-refractivity contribution in [1.29, 1.82) is 0 Å². The second-order valence-electron chi connectivity index (χ2n) is 5.34. The Morgan fingerprint density at radius 1 is 1.21 bits per heavy atom. The molecule has 19 heavy (non-hydrogen) atoms. The Balaban J connectivity index is 2.04. The predicted octanol–water partition coefficient (Wildman–Crippen LogP) is 4.42. The van der Waals surface area contributed by atoms with Gasteiger partial charge in [-0.05, 0) is 52.2 Å². The summed E-state index contributed by atoms with van der Waals surface area (Å²) in [5.74, 6) is 0. The molecule has 0 radical (unpaired) electrons. The van der Waals surface area contributed by atoms with Crippen LogP contribution in [0.3, 0.4) is 0 Å². The Bertz CT molecular complexity index is 553. The zero-order valence-corrected chi connectivity index (χ0v) is 13.2. The Labute approximate surface area is 119 Å². The maximum Gasteiger partial charge on any atom is 0.183 e. The van der Waals surface area contributed by atoms with Gasteiger partial charge in [-0.1, -0.05) is 23.8 Å². The topological polar surface area (TPSA) is 24.9 Å². The first-order valence-corrected chi connectivity index (χ1v) is 7.54. The van der Waals surface area contributed by atoms with Crippen LogP contribution in [0.5, 0.6) is 0 Å². The smallest absolute Gasteiger partial charge is 0.183 e. The van der Waals surface area contributed by atoms with Crippen molar-refractivity contribution < 1.29 is 0 Å². The largest absolute Gasteiger partial charge is 0.359 e. The molecule has 0 spiro atoms. The van der Waals surface area contributed by atoms with Crippen molar-refractivity contribution in [1.82, 2.24) is 4.98 Å². The average Bonchev–Trinajstić information content (AvgIpc) is 2.63. The van der Waals surface area contributed by atoms with Crippen molar-refractivity contribution in [2.24, 2.45) is 0 Å². The third-order valence-electron chi connectivity index (χ3n) is 3.43. The molecule has 1 heterocycles. The third kappa shape index (κ3) is 3.57. The summed E-state index contributed by atoms with van der Waals surface area (Å²) in [6, 6.07) is 7.05. The molecular formula is C16H22N2S. The standard InChI is InChI=1S/C16H22N2S/c1-10-6-7-11(2)15(8-10)9-12(3)17-16-18-13(4)14(5)19-16/h6-8,12H,9H2,1-5H3,(H,17,18). The van der Waals surface area contributed by atoms with Gasteiger partial charge in [-0.3, -0.25) is 0 Å². The van der Waals surface area contributed by atoms with E-state index in [1.807, 2.05) is 0 Å². The van der Waals surface area contributed by atoms with Gasteiger partial charge in [0.15, 0.2) is 5.13 Å². The summed E-state index contributed by atoms with van der Waals surface area (Å²) in [5, 5.41) is 4.54. The lowest BCUT2D eigenvalue weighted by atomic mass is 10.00. The lowest BCUT2D eigenvalue weighted by Gasteiger charge is -2.15. The van der Waals surface area contributed by atoms with Crippen molar-refractivity contribution in [2.45, 2.75) is 47.1 Å². The second kappa shape index (κ2) is 5.74. The minimum atomic E-state index is 0.394. The van der Waals surface area contributed by atoms with Crippen LogP contribution in [-0.4, -0.2) is 11.0 Å². The SMILES string of the molecule is Cc1ccc(C)c(CC(C)Nc2nc(C)c(C)s2)c1. The number of nitrogens with one attached hydrogen (secondary N) is 1. The van der Waals surface area contributed by atoms with Crippen LogP contribution < -0.4 is 5.32 Å². The molecule has 0 aliphatic carbocycles. The Hall–Kier alpha value is -1.35. The number of thiazole rings is 1. The fraction of sp³-hybridized carbons (Fsp3) is 0.438. The zero-order chi connectivity index (χ0) is 14.0. The highest BCUT2D eigenvalue weighted by Crippen LogP contribution is 2.22. The van der Waals surface area contributed by atoms with Crippen LogP contribution in [0, 0.1) is 27.7 Å². The van der Waals surface area contributed by atoms with Gasteiger partial charge in [0, 0.05) is 10.9 Å². The summed E-state index contributed by atoms with van der Waals surface area (Å²) >= 11 is 1.74. The molecule has 2 rings (SSSR count). The molecule has 1 N–H and O–H groups in total. The molecule has 1 aromatic carbocycles. The molecule has 1 aromatic heterocycles. The molecule has 102 valence electrons. The molecule has 1 unspecified atom stereocenters. The van der Waals surface area contributed by atoms with E-state index >= 15 is 0 Å². The van der Waals surface area contributed by atoms with Gasteiger partial charge in [0.1, 0.15) is 0 Å². The molecule has 0 aliphatic rings. The number of nitrogens with zero attached hydrogens (tertiary/aromatic N) is 1. The summed E-state index contributed by atoms with van der Waals surface area (Å²) < 4.78 is 0. The molecular weight excluding hydrogens is 252 g/mol. The molecule has 0 bridgehead atoms. The lowest BCUT2D eigenvalue weighted by Crippen LogP contribution is -2.18. The number of benzene rings is 1. The van der Waals surface area contributed by atoms with Crippen molar-refractivity contribution in [2.75, 3.05) is 5.32 Å². The van der Waals surface area contributed by atoms with Crippen LogP contribution in [0.25, 0.3) is 0 Å². The number of aromatic nitrogens is 1. The number of hydrogen-bond acceptors (Lipinski definition) is 3. The van der Waals surface area contributed by atoms with E-state index in [2.05, 4.69) is 63.1 Å². The normalized spacial score (nSPS) is 12.5. The van der Waals surface area contributed by atoms with Crippen LogP contribution in [0.1, 0.15) is 34.2 Å². The molecule has 0 amide bonds. The fourth-order valence-electron chi connectivity index (χ4n) is 2.15. The van der Waals surface area contributed by atoms with Crippen molar-refractivity contribution in [3.05, 3.63) is 45.5 Å². The number of hydrogen-bond donors (Lipinski definition) is 1. The van der Waals surface area contributed by atoms with Gasteiger partial charge in [0.25, 0.3) is 0 Å². The van der Waals surface area contributed by atoms with Gasteiger partial charge in [-0.2, -0.15) is 0 Å². The van der Waals surface area contributed by atoms with E-state index in [0.29, 0.717) is 6.04 Å². The Kier molecular flexibility index (Phi) is 4.25. The van der Waals surface area contributed by atoms with E-state index in [4.69, 9.17) is 0 Å². The van der Waals surface area contributed by atoms with E-state index in [9.17, 15) is 0 Å². The highest BCUT2D eigenvalue weighted by molar-refractivity contribution is 7.15. The highest BCUT2D eigenvalue weighted by atomic mass is 32.1. The van der Waals surface area contributed by atoms with E-state index < -0.39 is 0 Å². The number of anilines is 1. The van der Waals surface area contributed by atoms with E-state index in [0.717, 1.165) is 17.2 Å². The van der Waals surface area contributed by atoms with Gasteiger partial charge in [-0.25, -0.2) is 4.98 Å². The molecule has 0 aliphatic heterocycles. The summed E-state index contributed by atoms with van der Waals surface area (Å²) in [5.41, 5.74) is 5.25. The van der Waals surface area contributed by atoms with Gasteiger partial charge in [0.05, 0.1) is 5.69 Å². The van der Waals surface area contributed by atoms with Crippen LogP contribution in [-0.2, 0) is 6.42 Å². The first-order chi connectivity index (χ1) is 8.95. The van der Waals surface area contributed by atoms with Gasteiger partial charge in [0.2, 0.25) is 0 Å². The highest BCUT2D eigenvalue weighted by Gasteiger charge is 2.09. The van der Waals surface area contributed by atoms with Crippen LogP contribution in [0.15, 0.2) is 18.2 Å². The van der Waals surface area contributed by atoms with Gasteiger partial charge >= 0.3 is 0 Å². The quantitative estimate of drug-likeness (QED) is 0.892. The molecule has 1 atom stereocenters. The summed E-state index contributed by atoms with van der Waals surface area (Å²) in [7, 11) is 0. The summed E-state index contributed by atoms with van der Waals surface area (Å²) in [4.78, 5) is 5.83. The Morgan fingerprint density at radius 3 is 2.58 bits per heavy atom. The average molecular weight is 274 g/mol. The molecule has 0 fully saturated rings. The minimum absolute atomic E-state index is 0.394. The third-order valence-corrected chi connectivity index (χ3v) is 4.43. The Morgan fingerprint density at radius 2 is 1.95 bits per heavy atom. The molecule has 3 heteroatoms. The van der Waals surface area contributed by atoms with E-state index in [1.54, 1.807) is 11.3 Å². The van der Waals surface area contributed by atoms with Crippen molar-refractivity contribution in [3.8, 4) is 0 Å². The van der Waals surface area contributed by atoms with E-state index in [1.165, 1.54) is 21.6 Å². The molecule has 0 saturated heterocycles. The van der Waals surface area contributed by atoms with Gasteiger partial charge < -0.3 is 5.32 Å². The monoisotopic (exact) mass is 274 g/mol. The van der Waals surface area contributed by atoms with Crippen LogP contribution >= 0.6 is 11.3 Å². The van der Waals surface area contributed by atoms with Crippen molar-refractivity contribution >= 4 is 16.5 Å². The maximum atomic E-state index is 4.54. The number of rotatable bonds is 4. The first-order valence-electron chi connectivity index (χ1n) is 6.72. The van der Waals surface area contributed by atoms with Crippen molar-refractivity contribution in [3.63, 3.8) is 0 Å². The molecule has 2 nitrogen and oxygen atoms in total. The zero-order valence-electron chi connectivity index (χ0n) is 12.4. The lowest BCUT2D eigenvalue weighted by molar-refractivity contribution is 0.783. The van der Waals surface area contributed by atoms with E-state index in [-0.39, 0.29) is 0 Å². The van der Waals surface area contributed by atoms with Crippen LogP contribution in [0.2, 0.25) is 0 Å². The minimum Gasteiger partial charge on any atom is -0.359 e. The van der Waals surface area contributed by atoms with Crippen LogP contribution in [0.4, 0.5) is 5.13 Å². The molecule has 2 aromatic rings. The maximum absolute atomic E-state index is 4.54. The van der Waals surface area contributed by atoms with Gasteiger partial charge in [-0.15, -0.1) is 11.3 Å². The summed E-state index contributed by atoms with van der Waals surface area (Å²) in [6.07, 6.45) is 1.03.